The summed E-state index contributed by atoms with van der Waals surface area (Å²) in [5.74, 6) is -1.28. The van der Waals surface area contributed by atoms with Gasteiger partial charge in [0, 0.05) is 29.9 Å². The molecule has 4 nitrogen and oxygen atoms in total. The molecule has 1 unspecified atom stereocenters. The molecule has 0 aliphatic rings. The average Bonchev–Trinajstić information content (AvgIpc) is 2.38. The van der Waals surface area contributed by atoms with Crippen LogP contribution in [0.25, 0.3) is 0 Å². The predicted octanol–water partition coefficient (Wildman–Crippen LogP) is 4.05. The van der Waals surface area contributed by atoms with E-state index in [9.17, 15) is 18.9 Å². The summed E-state index contributed by atoms with van der Waals surface area (Å²) in [5.41, 5.74) is 1.08. The van der Waals surface area contributed by atoms with Crippen molar-refractivity contribution in [2.75, 3.05) is 5.32 Å². The van der Waals surface area contributed by atoms with Crippen molar-refractivity contribution in [3.63, 3.8) is 0 Å². The molecule has 104 valence electrons. The van der Waals surface area contributed by atoms with E-state index < -0.39 is 16.6 Å². The Kier molecular flexibility index (Phi) is 3.93. The first kappa shape index (κ1) is 13.9. The van der Waals surface area contributed by atoms with Crippen molar-refractivity contribution >= 4 is 11.4 Å². The lowest BCUT2D eigenvalue weighted by Gasteiger charge is -2.15. The highest BCUT2D eigenvalue weighted by molar-refractivity contribution is 5.50. The van der Waals surface area contributed by atoms with Crippen molar-refractivity contribution < 1.29 is 13.7 Å². The van der Waals surface area contributed by atoms with E-state index in [0.29, 0.717) is 11.3 Å². The first-order valence-electron chi connectivity index (χ1n) is 5.92. The van der Waals surface area contributed by atoms with E-state index in [1.54, 1.807) is 19.1 Å². The minimum absolute atomic E-state index is 0.0139. The van der Waals surface area contributed by atoms with Gasteiger partial charge in [0.1, 0.15) is 11.6 Å². The van der Waals surface area contributed by atoms with Gasteiger partial charge in [0.15, 0.2) is 0 Å². The van der Waals surface area contributed by atoms with Gasteiger partial charge in [0.05, 0.1) is 4.92 Å². The van der Waals surface area contributed by atoms with Gasteiger partial charge >= 0.3 is 0 Å². The van der Waals surface area contributed by atoms with Gasteiger partial charge < -0.3 is 5.32 Å². The van der Waals surface area contributed by atoms with Gasteiger partial charge in [0.25, 0.3) is 5.69 Å². The molecule has 2 aromatic rings. The zero-order valence-corrected chi connectivity index (χ0v) is 10.6. The van der Waals surface area contributed by atoms with Crippen molar-refractivity contribution in [3.8, 4) is 0 Å². The summed E-state index contributed by atoms with van der Waals surface area (Å²) >= 11 is 0. The van der Waals surface area contributed by atoms with E-state index in [4.69, 9.17) is 0 Å². The van der Waals surface area contributed by atoms with Crippen molar-refractivity contribution in [1.82, 2.24) is 0 Å². The molecule has 0 aliphatic carbocycles. The van der Waals surface area contributed by atoms with Crippen LogP contribution in [0.15, 0.2) is 42.5 Å². The third-order valence-electron chi connectivity index (χ3n) is 2.85. The molecule has 0 heterocycles. The molecular formula is C14H12F2N2O2. The van der Waals surface area contributed by atoms with Crippen LogP contribution in [0.5, 0.6) is 0 Å². The fraction of sp³-hybridized carbons (Fsp3) is 0.143. The maximum atomic E-state index is 13.1. The number of rotatable bonds is 4. The lowest BCUT2D eigenvalue weighted by Crippen LogP contribution is -2.07. The Bertz CT molecular complexity index is 609. The van der Waals surface area contributed by atoms with Crippen LogP contribution in [0.2, 0.25) is 0 Å². The summed E-state index contributed by atoms with van der Waals surface area (Å²) in [6, 6.07) is 8.78. The van der Waals surface area contributed by atoms with Crippen molar-refractivity contribution in [2.45, 2.75) is 13.0 Å². The molecule has 0 aliphatic heterocycles. The minimum Gasteiger partial charge on any atom is -0.379 e. The number of hydrogen-bond donors (Lipinski definition) is 1. The number of halogens is 2. The summed E-state index contributed by atoms with van der Waals surface area (Å²) in [6.45, 7) is 1.75. The maximum Gasteiger partial charge on any atom is 0.269 e. The Labute approximate surface area is 114 Å². The topological polar surface area (TPSA) is 55.2 Å². The molecule has 0 aromatic heterocycles. The normalized spacial score (nSPS) is 11.9. The largest absolute Gasteiger partial charge is 0.379 e. The van der Waals surface area contributed by atoms with Gasteiger partial charge in [-0.2, -0.15) is 0 Å². The number of non-ortho nitro benzene ring substituents is 1. The lowest BCUT2D eigenvalue weighted by atomic mass is 10.1. The second kappa shape index (κ2) is 5.64. The van der Waals surface area contributed by atoms with E-state index in [2.05, 4.69) is 5.32 Å². The molecule has 0 spiro atoms. The van der Waals surface area contributed by atoms with Gasteiger partial charge in [0.2, 0.25) is 0 Å². The number of anilines is 1. The molecular weight excluding hydrogens is 266 g/mol. The first-order valence-corrected chi connectivity index (χ1v) is 5.92. The Hall–Kier alpha value is -2.50. The van der Waals surface area contributed by atoms with Crippen molar-refractivity contribution in [3.05, 3.63) is 69.8 Å². The van der Waals surface area contributed by atoms with Gasteiger partial charge in [-0.3, -0.25) is 10.1 Å². The van der Waals surface area contributed by atoms with Crippen LogP contribution in [0.3, 0.4) is 0 Å². The van der Waals surface area contributed by atoms with Crippen LogP contribution in [0.4, 0.5) is 20.2 Å². The molecule has 6 heteroatoms. The molecule has 0 saturated heterocycles. The summed E-state index contributed by atoms with van der Waals surface area (Å²) < 4.78 is 26.3. The molecule has 0 bridgehead atoms. The molecule has 0 radical (unpaired) electrons. The second-order valence-electron chi connectivity index (χ2n) is 4.37. The molecule has 20 heavy (non-hydrogen) atoms. The highest BCUT2D eigenvalue weighted by Crippen LogP contribution is 2.22. The number of hydrogen-bond acceptors (Lipinski definition) is 3. The maximum absolute atomic E-state index is 13.1. The van der Waals surface area contributed by atoms with Crippen LogP contribution in [0, 0.1) is 21.7 Å². The number of nitro benzene ring substituents is 1. The van der Waals surface area contributed by atoms with Crippen LogP contribution >= 0.6 is 0 Å². The highest BCUT2D eigenvalue weighted by Gasteiger charge is 2.10. The molecule has 0 amide bonds. The van der Waals surface area contributed by atoms with Gasteiger partial charge in [-0.25, -0.2) is 8.78 Å². The Morgan fingerprint density at radius 3 is 2.15 bits per heavy atom. The van der Waals surface area contributed by atoms with Crippen LogP contribution in [0.1, 0.15) is 18.5 Å². The lowest BCUT2D eigenvalue weighted by molar-refractivity contribution is -0.384. The third-order valence-corrected chi connectivity index (χ3v) is 2.85. The minimum atomic E-state index is -0.641. The average molecular weight is 278 g/mol. The Morgan fingerprint density at radius 1 is 1.10 bits per heavy atom. The predicted molar refractivity (Wildman–Crippen MR) is 71.5 cm³/mol. The smallest absolute Gasteiger partial charge is 0.269 e. The third kappa shape index (κ3) is 3.28. The molecule has 2 aromatic carbocycles. The summed E-state index contributed by atoms with van der Waals surface area (Å²) in [4.78, 5) is 10.0. The fourth-order valence-electron chi connectivity index (χ4n) is 1.84. The van der Waals surface area contributed by atoms with Gasteiger partial charge in [-0.1, -0.05) is 0 Å². The van der Waals surface area contributed by atoms with Crippen molar-refractivity contribution in [2.24, 2.45) is 0 Å². The highest BCUT2D eigenvalue weighted by atomic mass is 19.1. The first-order chi connectivity index (χ1) is 9.45. The SMILES string of the molecule is CC(Nc1ccc([N+](=O)[O-])cc1)c1cc(F)cc(F)c1. The summed E-state index contributed by atoms with van der Waals surface area (Å²) in [7, 11) is 0. The number of benzene rings is 2. The summed E-state index contributed by atoms with van der Waals surface area (Å²) in [6.07, 6.45) is 0. The molecule has 0 saturated carbocycles. The summed E-state index contributed by atoms with van der Waals surface area (Å²) in [5, 5.41) is 13.6. The van der Waals surface area contributed by atoms with E-state index in [-0.39, 0.29) is 11.7 Å². The Balaban J connectivity index is 2.14. The number of nitrogens with one attached hydrogen (secondary N) is 1. The fourth-order valence-corrected chi connectivity index (χ4v) is 1.84. The number of nitrogens with zero attached hydrogens (tertiary/aromatic N) is 1. The zero-order valence-electron chi connectivity index (χ0n) is 10.6. The second-order valence-corrected chi connectivity index (χ2v) is 4.37. The number of nitro groups is 1. The van der Waals surface area contributed by atoms with E-state index in [1.807, 2.05) is 0 Å². The van der Waals surface area contributed by atoms with Crippen LogP contribution in [-0.4, -0.2) is 4.92 Å². The van der Waals surface area contributed by atoms with E-state index in [0.717, 1.165) is 6.07 Å². The van der Waals surface area contributed by atoms with Crippen LogP contribution < -0.4 is 5.32 Å². The van der Waals surface area contributed by atoms with E-state index >= 15 is 0 Å². The van der Waals surface area contributed by atoms with Crippen LogP contribution in [-0.2, 0) is 0 Å². The Morgan fingerprint density at radius 2 is 1.65 bits per heavy atom. The van der Waals surface area contributed by atoms with E-state index in [1.165, 1.54) is 24.3 Å². The molecule has 2 rings (SSSR count). The quantitative estimate of drug-likeness (QED) is 0.678. The van der Waals surface area contributed by atoms with Gasteiger partial charge in [-0.05, 0) is 36.8 Å². The standard InChI is InChI=1S/C14H12F2N2O2/c1-9(10-6-11(15)8-12(16)7-10)17-13-2-4-14(5-3-13)18(19)20/h2-9,17H,1H3. The monoisotopic (exact) mass is 278 g/mol. The molecule has 0 fully saturated rings. The van der Waals surface area contributed by atoms with Gasteiger partial charge in [-0.15, -0.1) is 0 Å². The molecule has 1 atom stereocenters. The molecule has 1 N–H and O–H groups in total. The zero-order chi connectivity index (χ0) is 14.7. The van der Waals surface area contributed by atoms with Crippen molar-refractivity contribution in [1.29, 1.82) is 0 Å².